The van der Waals surface area contributed by atoms with Crippen LogP contribution in [0, 0.1) is 11.6 Å². The van der Waals surface area contributed by atoms with Crippen molar-refractivity contribution in [3.63, 3.8) is 0 Å². The molecule has 1 N–H and O–H groups in total. The van der Waals surface area contributed by atoms with Gasteiger partial charge in [0.05, 0.1) is 25.9 Å². The molecule has 0 saturated carbocycles. The highest BCUT2D eigenvalue weighted by Crippen LogP contribution is 2.38. The summed E-state index contributed by atoms with van der Waals surface area (Å²) in [6.07, 6.45) is 3.22. The number of aromatic nitrogens is 5. The van der Waals surface area contributed by atoms with E-state index in [0.717, 1.165) is 16.3 Å². The Labute approximate surface area is 325 Å². The van der Waals surface area contributed by atoms with E-state index >= 15 is 4.39 Å². The molecule has 2 amide bonds. The minimum atomic E-state index is -0.815. The Bertz CT molecular complexity index is 2480. The third-order valence-corrected chi connectivity index (χ3v) is 8.93. The van der Waals surface area contributed by atoms with Crippen molar-refractivity contribution >= 4 is 28.7 Å². The van der Waals surface area contributed by atoms with Gasteiger partial charge in [0.25, 0.3) is 11.5 Å². The summed E-state index contributed by atoms with van der Waals surface area (Å²) < 4.78 is 55.3. The number of rotatable bonds is 10. The van der Waals surface area contributed by atoms with Crippen molar-refractivity contribution in [1.29, 1.82) is 0 Å². The Morgan fingerprint density at radius 1 is 0.947 bits per heavy atom. The molecular weight excluding hydrogens is 740 g/mol. The molecule has 16 heteroatoms. The molecule has 4 heterocycles. The van der Waals surface area contributed by atoms with Crippen molar-refractivity contribution < 1.29 is 37.3 Å². The molecule has 0 unspecified atom stereocenters. The first-order valence-electron chi connectivity index (χ1n) is 18.1. The third kappa shape index (κ3) is 8.85. The van der Waals surface area contributed by atoms with E-state index in [1.807, 2.05) is 45.0 Å². The zero-order valence-corrected chi connectivity index (χ0v) is 31.6. The molecule has 1 aliphatic rings. The van der Waals surface area contributed by atoms with Gasteiger partial charge < -0.3 is 29.2 Å². The normalized spacial score (nSPS) is 14.3. The highest BCUT2D eigenvalue weighted by molar-refractivity contribution is 6.04. The molecule has 0 aliphatic carbocycles. The second-order valence-corrected chi connectivity index (χ2v) is 14.3. The van der Waals surface area contributed by atoms with Crippen LogP contribution in [0.5, 0.6) is 23.1 Å². The third-order valence-electron chi connectivity index (χ3n) is 8.93. The van der Waals surface area contributed by atoms with Crippen LogP contribution in [0.4, 0.5) is 19.3 Å². The fourth-order valence-electron chi connectivity index (χ4n) is 6.23. The number of benzene rings is 3. The Morgan fingerprint density at radius 3 is 2.44 bits per heavy atom. The van der Waals surface area contributed by atoms with Gasteiger partial charge >= 0.3 is 6.09 Å². The molecule has 294 valence electrons. The van der Waals surface area contributed by atoms with Crippen LogP contribution in [0.2, 0.25) is 0 Å². The number of anilines is 1. The van der Waals surface area contributed by atoms with Crippen molar-refractivity contribution in [2.75, 3.05) is 25.5 Å². The van der Waals surface area contributed by atoms with Crippen LogP contribution in [-0.2, 0) is 11.3 Å². The quantitative estimate of drug-likeness (QED) is 0.152. The number of halogens is 2. The number of methoxy groups -OCH3 is 1. The smallest absolute Gasteiger partial charge is 0.410 e. The number of carbonyl (C=O) groups excluding carboxylic acids is 2. The van der Waals surface area contributed by atoms with Crippen molar-refractivity contribution in [3.05, 3.63) is 124 Å². The van der Waals surface area contributed by atoms with Gasteiger partial charge in [0, 0.05) is 36.8 Å². The van der Waals surface area contributed by atoms with Crippen LogP contribution in [0.1, 0.15) is 49.5 Å². The van der Waals surface area contributed by atoms with Gasteiger partial charge in [-0.3, -0.25) is 9.59 Å². The second kappa shape index (κ2) is 16.1. The van der Waals surface area contributed by atoms with Crippen molar-refractivity contribution in [1.82, 2.24) is 29.4 Å². The summed E-state index contributed by atoms with van der Waals surface area (Å²) in [4.78, 5) is 45.4. The zero-order chi connectivity index (χ0) is 40.3. The van der Waals surface area contributed by atoms with Gasteiger partial charge in [0.1, 0.15) is 40.0 Å². The molecule has 1 atom stereocenters. The fraction of sp³-hybridized carbons (Fsp3) is 0.268. The summed E-state index contributed by atoms with van der Waals surface area (Å²) in [7, 11) is 1.59. The van der Waals surface area contributed by atoms with Gasteiger partial charge in [-0.05, 0) is 93.8 Å². The fourth-order valence-corrected chi connectivity index (χ4v) is 6.23. The second-order valence-electron chi connectivity index (χ2n) is 14.3. The molecule has 0 bridgehead atoms. The van der Waals surface area contributed by atoms with Crippen molar-refractivity contribution in [3.8, 4) is 28.8 Å². The van der Waals surface area contributed by atoms with Gasteiger partial charge in [-0.25, -0.2) is 23.2 Å². The van der Waals surface area contributed by atoms with Crippen molar-refractivity contribution in [2.24, 2.45) is 0 Å². The summed E-state index contributed by atoms with van der Waals surface area (Å²) in [6.45, 7) is 6.52. The topological polar surface area (TPSA) is 152 Å². The Kier molecular flexibility index (Phi) is 10.9. The van der Waals surface area contributed by atoms with Gasteiger partial charge in [-0.2, -0.15) is 9.78 Å². The molecule has 3 aromatic carbocycles. The van der Waals surface area contributed by atoms with E-state index in [1.54, 1.807) is 22.8 Å². The maximum atomic E-state index is 15.7. The van der Waals surface area contributed by atoms with Gasteiger partial charge in [0.15, 0.2) is 17.2 Å². The van der Waals surface area contributed by atoms with E-state index in [-0.39, 0.29) is 40.9 Å². The monoisotopic (exact) mass is 779 g/mol. The average molecular weight is 780 g/mol. The largest absolute Gasteiger partial charge is 0.497 e. The molecule has 0 radical (unpaired) electrons. The average Bonchev–Trinajstić information content (AvgIpc) is 3.53. The number of carbonyl (C=O) groups is 2. The lowest BCUT2D eigenvalue weighted by Crippen LogP contribution is -2.46. The summed E-state index contributed by atoms with van der Waals surface area (Å²) in [5.41, 5.74) is -0.0499. The van der Waals surface area contributed by atoms with Gasteiger partial charge in [-0.15, -0.1) is 5.10 Å². The maximum Gasteiger partial charge on any atom is 0.410 e. The molecular formula is C41H39F2N7O7. The molecule has 7 rings (SSSR count). The predicted octanol–water partition coefficient (Wildman–Crippen LogP) is 7.14. The number of likely N-dealkylation sites (tertiary alicyclic amines) is 1. The van der Waals surface area contributed by atoms with Crippen LogP contribution < -0.4 is 25.1 Å². The number of hydrogen-bond donors (Lipinski definition) is 1. The van der Waals surface area contributed by atoms with Crippen molar-refractivity contribution in [2.45, 2.75) is 51.9 Å². The lowest BCUT2D eigenvalue weighted by Gasteiger charge is -2.33. The minimum absolute atomic E-state index is 0.0532. The van der Waals surface area contributed by atoms with Gasteiger partial charge in [-0.1, -0.05) is 12.1 Å². The van der Waals surface area contributed by atoms with Crippen LogP contribution in [0.25, 0.3) is 16.7 Å². The summed E-state index contributed by atoms with van der Waals surface area (Å²) in [5, 5.41) is 11.7. The number of hydrogen-bond acceptors (Lipinski definition) is 10. The molecule has 1 aliphatic heterocycles. The standard InChI is InChI=1S/C41H39F2N7O7/c1-41(2,3)57-40(53)48-21-5-6-30(24-48)55-38-35-34(18-19-44-36(35)49(47-38)23-25-7-14-29(54-4)15-8-25)56-33-16-11-27(22-32(33)43)46-37(51)31-17-20-45-50(39(31)52)28-12-9-26(42)10-13-28/h7-20,22,30H,5-6,21,23-24H2,1-4H3,(H,46,51)/t30-/m0/s1. The Hall–Kier alpha value is -6.84. The predicted molar refractivity (Wildman–Crippen MR) is 205 cm³/mol. The molecule has 1 fully saturated rings. The highest BCUT2D eigenvalue weighted by atomic mass is 19.1. The highest BCUT2D eigenvalue weighted by Gasteiger charge is 2.30. The van der Waals surface area contributed by atoms with E-state index < -0.39 is 40.9 Å². The van der Waals surface area contributed by atoms with E-state index in [0.29, 0.717) is 42.7 Å². The first-order chi connectivity index (χ1) is 27.3. The van der Waals surface area contributed by atoms with E-state index in [2.05, 4.69) is 15.4 Å². The van der Waals surface area contributed by atoms with E-state index in [4.69, 9.17) is 24.0 Å². The summed E-state index contributed by atoms with van der Waals surface area (Å²) in [5.74, 6) is -1.21. The number of fused-ring (bicyclic) bond motifs is 1. The van der Waals surface area contributed by atoms with E-state index in [1.165, 1.54) is 54.9 Å². The lowest BCUT2D eigenvalue weighted by molar-refractivity contribution is 0.00730. The number of ether oxygens (including phenoxy) is 4. The Morgan fingerprint density at radius 2 is 1.72 bits per heavy atom. The molecule has 57 heavy (non-hydrogen) atoms. The first-order valence-corrected chi connectivity index (χ1v) is 18.1. The summed E-state index contributed by atoms with van der Waals surface area (Å²) >= 11 is 0. The van der Waals surface area contributed by atoms with Crippen LogP contribution in [0.3, 0.4) is 0 Å². The molecule has 6 aromatic rings. The molecule has 1 saturated heterocycles. The number of amides is 2. The SMILES string of the molecule is COc1ccc(Cn2nc(O[C@H]3CCCN(C(=O)OC(C)(C)C)C3)c3c(Oc4ccc(NC(=O)c5ccnn(-c6ccc(F)cc6)c5=O)cc4F)ccnc32)cc1. The molecule has 14 nitrogen and oxygen atoms in total. The van der Waals surface area contributed by atoms with Crippen LogP contribution >= 0.6 is 0 Å². The molecule has 3 aromatic heterocycles. The maximum absolute atomic E-state index is 15.7. The number of pyridine rings is 1. The minimum Gasteiger partial charge on any atom is -0.497 e. The molecule has 0 spiro atoms. The van der Waals surface area contributed by atoms with Gasteiger partial charge in [0.2, 0.25) is 5.88 Å². The van der Waals surface area contributed by atoms with Crippen LogP contribution in [-0.4, -0.2) is 73.3 Å². The number of nitrogens with zero attached hydrogens (tertiary/aromatic N) is 6. The Balaban J connectivity index is 1.15. The number of nitrogens with one attached hydrogen (secondary N) is 1. The lowest BCUT2D eigenvalue weighted by atomic mass is 10.1. The zero-order valence-electron chi connectivity index (χ0n) is 31.6. The van der Waals surface area contributed by atoms with E-state index in [9.17, 15) is 18.8 Å². The summed E-state index contributed by atoms with van der Waals surface area (Å²) in [6, 6.07) is 19.1. The van der Waals surface area contributed by atoms with Crippen LogP contribution in [0.15, 0.2) is 96.1 Å². The first kappa shape index (κ1) is 38.4. The number of piperidine rings is 1.